The lowest BCUT2D eigenvalue weighted by molar-refractivity contribution is -0.877. The Kier molecular flexibility index (Phi) is 5.00. The van der Waals surface area contributed by atoms with Crippen LogP contribution in [0.1, 0.15) is 30.7 Å². The van der Waals surface area contributed by atoms with Gasteiger partial charge in [-0.25, -0.2) is 4.79 Å². The summed E-state index contributed by atoms with van der Waals surface area (Å²) in [5, 5.41) is 0. The molecule has 2 aliphatic rings. The first-order chi connectivity index (χ1) is 11.1. The minimum absolute atomic E-state index is 0.250. The minimum atomic E-state index is -0.250. The number of carbonyl (C=O) groups excluding carboxylic acids is 1. The maximum Gasteiger partial charge on any atom is 0.478 e. The molecule has 126 valence electrons. The number of anilines is 1. The molecule has 0 bridgehead atoms. The van der Waals surface area contributed by atoms with Crippen LogP contribution in [-0.4, -0.2) is 50.4 Å². The highest BCUT2D eigenvalue weighted by molar-refractivity contribution is 5.67. The number of pyridine rings is 1. The number of amides is 1. The largest absolute Gasteiger partial charge is 0.478 e. The first-order valence-electron chi connectivity index (χ1n) is 8.48. The van der Waals surface area contributed by atoms with Crippen molar-refractivity contribution in [1.82, 2.24) is 4.90 Å². The number of piperidine rings is 1. The number of aryl methyl sites for hydroxylation is 2. The lowest BCUT2D eigenvalue weighted by Crippen LogP contribution is -2.55. The molecule has 2 saturated heterocycles. The van der Waals surface area contributed by atoms with Gasteiger partial charge in [0, 0.05) is 62.6 Å². The zero-order valence-corrected chi connectivity index (χ0v) is 14.1. The fourth-order valence-corrected chi connectivity index (χ4v) is 3.23. The summed E-state index contributed by atoms with van der Waals surface area (Å²) in [4.78, 5) is 22.0. The molecule has 1 amide bonds. The highest BCUT2D eigenvalue weighted by Gasteiger charge is 2.26. The van der Waals surface area contributed by atoms with Crippen molar-refractivity contribution in [2.24, 2.45) is 0 Å². The van der Waals surface area contributed by atoms with Gasteiger partial charge in [0.2, 0.25) is 11.4 Å². The van der Waals surface area contributed by atoms with E-state index < -0.39 is 0 Å². The second-order valence-corrected chi connectivity index (χ2v) is 6.30. The smallest absolute Gasteiger partial charge is 0.378 e. The number of likely N-dealkylation sites (tertiary alicyclic amines) is 1. The molecule has 6 heteroatoms. The van der Waals surface area contributed by atoms with E-state index in [0.29, 0.717) is 0 Å². The van der Waals surface area contributed by atoms with Crippen molar-refractivity contribution in [2.75, 3.05) is 44.3 Å². The number of hydrogen-bond donors (Lipinski definition) is 0. The first-order valence-corrected chi connectivity index (χ1v) is 8.48. The third-order valence-corrected chi connectivity index (χ3v) is 4.51. The van der Waals surface area contributed by atoms with Crippen LogP contribution in [0.15, 0.2) is 12.1 Å². The summed E-state index contributed by atoms with van der Waals surface area (Å²) in [6.45, 7) is 8.86. The van der Waals surface area contributed by atoms with Gasteiger partial charge in [0.25, 0.3) is 0 Å². The Morgan fingerprint density at radius 1 is 1.04 bits per heavy atom. The van der Waals surface area contributed by atoms with Crippen molar-refractivity contribution < 1.29 is 19.1 Å². The van der Waals surface area contributed by atoms with Crippen LogP contribution in [0.3, 0.4) is 0 Å². The molecule has 0 atom stereocenters. The number of ether oxygens (including phenoxy) is 1. The maximum absolute atomic E-state index is 12.3. The molecule has 0 aliphatic carbocycles. The molecular formula is C17H26N3O3+. The van der Waals surface area contributed by atoms with Crippen LogP contribution in [-0.2, 0) is 4.74 Å². The Balaban J connectivity index is 1.73. The summed E-state index contributed by atoms with van der Waals surface area (Å²) in [5.74, 6) is 0. The summed E-state index contributed by atoms with van der Waals surface area (Å²) in [7, 11) is 0. The average Bonchev–Trinajstić information content (AvgIpc) is 2.59. The quantitative estimate of drug-likeness (QED) is 0.774. The fraction of sp³-hybridized carbons (Fsp3) is 0.647. The molecule has 23 heavy (non-hydrogen) atoms. The number of nitrogens with zero attached hydrogens (tertiary/aromatic N) is 3. The monoisotopic (exact) mass is 320 g/mol. The van der Waals surface area contributed by atoms with E-state index in [-0.39, 0.29) is 6.09 Å². The van der Waals surface area contributed by atoms with Crippen LogP contribution in [0.25, 0.3) is 0 Å². The van der Waals surface area contributed by atoms with E-state index >= 15 is 0 Å². The predicted octanol–water partition coefficient (Wildman–Crippen LogP) is 1.46. The normalized spacial score (nSPS) is 18.9. The van der Waals surface area contributed by atoms with Crippen LogP contribution in [0, 0.1) is 13.8 Å². The van der Waals surface area contributed by atoms with E-state index in [0.717, 1.165) is 69.3 Å². The summed E-state index contributed by atoms with van der Waals surface area (Å²) in [5.41, 5.74) is 3.02. The van der Waals surface area contributed by atoms with Gasteiger partial charge in [0.05, 0.1) is 13.2 Å². The Hall–Kier alpha value is -1.82. The molecule has 3 rings (SSSR count). The molecule has 0 saturated carbocycles. The summed E-state index contributed by atoms with van der Waals surface area (Å²) >= 11 is 0. The van der Waals surface area contributed by atoms with Crippen molar-refractivity contribution in [3.05, 3.63) is 23.5 Å². The minimum Gasteiger partial charge on any atom is -0.378 e. The van der Waals surface area contributed by atoms with Gasteiger partial charge in [-0.05, 0) is 19.3 Å². The molecule has 6 nitrogen and oxygen atoms in total. The summed E-state index contributed by atoms with van der Waals surface area (Å²) in [6, 6.07) is 4.14. The van der Waals surface area contributed by atoms with E-state index in [1.165, 1.54) is 6.42 Å². The van der Waals surface area contributed by atoms with E-state index in [1.807, 2.05) is 13.8 Å². The second-order valence-electron chi connectivity index (χ2n) is 6.30. The maximum atomic E-state index is 12.3. The fourth-order valence-electron chi connectivity index (χ4n) is 3.23. The van der Waals surface area contributed by atoms with Crippen molar-refractivity contribution in [2.45, 2.75) is 33.1 Å². The molecular weight excluding hydrogens is 294 g/mol. The highest BCUT2D eigenvalue weighted by atomic mass is 16.7. The molecule has 0 unspecified atom stereocenters. The molecule has 1 aromatic heterocycles. The van der Waals surface area contributed by atoms with Gasteiger partial charge < -0.3 is 14.5 Å². The zero-order chi connectivity index (χ0) is 16.2. The third-order valence-electron chi connectivity index (χ3n) is 4.51. The van der Waals surface area contributed by atoms with Crippen molar-refractivity contribution in [1.29, 1.82) is 0 Å². The van der Waals surface area contributed by atoms with E-state index in [9.17, 15) is 4.79 Å². The Morgan fingerprint density at radius 2 is 1.65 bits per heavy atom. The van der Waals surface area contributed by atoms with Crippen molar-refractivity contribution in [3.8, 4) is 0 Å². The van der Waals surface area contributed by atoms with Crippen molar-refractivity contribution in [3.63, 3.8) is 0 Å². The molecule has 2 aliphatic heterocycles. The number of morpholine rings is 1. The van der Waals surface area contributed by atoms with Gasteiger partial charge in [-0.1, -0.05) is 0 Å². The Labute approximate surface area is 137 Å². The van der Waals surface area contributed by atoms with E-state index in [4.69, 9.17) is 9.57 Å². The van der Waals surface area contributed by atoms with Crippen LogP contribution in [0.2, 0.25) is 0 Å². The molecule has 3 heterocycles. The highest BCUT2D eigenvalue weighted by Crippen LogP contribution is 2.17. The zero-order valence-electron chi connectivity index (χ0n) is 14.1. The lowest BCUT2D eigenvalue weighted by atomic mass is 10.1. The average molecular weight is 320 g/mol. The molecule has 0 N–H and O–H groups in total. The first kappa shape index (κ1) is 16.1. The molecule has 2 fully saturated rings. The number of aromatic nitrogens is 1. The SMILES string of the molecule is Cc1cc(N2CCOCC2)cc(C)[n+]1OC(=O)N1CCCCC1. The van der Waals surface area contributed by atoms with Gasteiger partial charge in [-0.15, -0.1) is 0 Å². The summed E-state index contributed by atoms with van der Waals surface area (Å²) in [6.07, 6.45) is 3.07. The van der Waals surface area contributed by atoms with Crippen LogP contribution in [0.4, 0.5) is 10.5 Å². The van der Waals surface area contributed by atoms with Crippen molar-refractivity contribution >= 4 is 11.8 Å². The van der Waals surface area contributed by atoms with Crippen LogP contribution >= 0.6 is 0 Å². The summed E-state index contributed by atoms with van der Waals surface area (Å²) < 4.78 is 7.04. The number of carbonyl (C=O) groups is 1. The molecule has 0 aromatic carbocycles. The van der Waals surface area contributed by atoms with Gasteiger partial charge in [0.15, 0.2) is 0 Å². The standard InChI is InChI=1S/C17H26N3O3/c1-14-12-16(18-8-10-22-11-9-18)13-15(2)20(14)23-17(21)19-6-4-3-5-7-19/h12-13H,3-11H2,1-2H3/q+1. The van der Waals surface area contributed by atoms with Crippen LogP contribution < -0.4 is 14.5 Å². The number of rotatable bonds is 2. The van der Waals surface area contributed by atoms with E-state index in [1.54, 1.807) is 9.63 Å². The Bertz CT molecular complexity index is 541. The van der Waals surface area contributed by atoms with Gasteiger partial charge in [-0.3, -0.25) is 0 Å². The molecule has 0 spiro atoms. The molecule has 0 radical (unpaired) electrons. The predicted molar refractivity (Wildman–Crippen MR) is 86.5 cm³/mol. The topological polar surface area (TPSA) is 45.9 Å². The second kappa shape index (κ2) is 7.17. The van der Waals surface area contributed by atoms with Gasteiger partial charge in [-0.2, -0.15) is 4.84 Å². The van der Waals surface area contributed by atoms with Crippen LogP contribution in [0.5, 0.6) is 0 Å². The van der Waals surface area contributed by atoms with Gasteiger partial charge in [0.1, 0.15) is 0 Å². The lowest BCUT2D eigenvalue weighted by Gasteiger charge is -2.28. The third kappa shape index (κ3) is 3.75. The molecule has 1 aromatic rings. The van der Waals surface area contributed by atoms with E-state index in [2.05, 4.69) is 17.0 Å². The number of hydrogen-bond acceptors (Lipinski definition) is 4. The Morgan fingerprint density at radius 3 is 2.26 bits per heavy atom. The van der Waals surface area contributed by atoms with Gasteiger partial charge >= 0.3 is 6.09 Å².